The Morgan fingerprint density at radius 2 is 2.11 bits per heavy atom. The van der Waals surface area contributed by atoms with Gasteiger partial charge in [-0.1, -0.05) is 13.8 Å². The van der Waals surface area contributed by atoms with Crippen molar-refractivity contribution in [3.8, 4) is 11.5 Å². The fraction of sp³-hybridized carbons (Fsp3) is 0.500. The van der Waals surface area contributed by atoms with E-state index in [-0.39, 0.29) is 12.4 Å². The number of hydrogen-bond donors (Lipinski definition) is 3. The highest BCUT2D eigenvalue weighted by molar-refractivity contribution is 5.57. The Morgan fingerprint density at radius 1 is 1.53 bits per heavy atom. The molecule has 0 saturated heterocycles. The van der Waals surface area contributed by atoms with Crippen molar-refractivity contribution in [2.24, 2.45) is 11.1 Å². The van der Waals surface area contributed by atoms with Crippen molar-refractivity contribution < 1.29 is 19.9 Å². The molecule has 0 aliphatic carbocycles. The molecule has 7 nitrogen and oxygen atoms in total. The normalized spacial score (nSPS) is 13.1. The van der Waals surface area contributed by atoms with Crippen LogP contribution in [0.25, 0.3) is 0 Å². The Balaban J connectivity index is 3.37. The zero-order chi connectivity index (χ0) is 14.8. The van der Waals surface area contributed by atoms with Crippen molar-refractivity contribution in [1.82, 2.24) is 0 Å². The summed E-state index contributed by atoms with van der Waals surface area (Å²) in [6, 6.07) is 2.00. The first kappa shape index (κ1) is 15.2. The van der Waals surface area contributed by atoms with Crippen LogP contribution >= 0.6 is 0 Å². The Labute approximate surface area is 110 Å². The molecule has 19 heavy (non-hydrogen) atoms. The first-order valence-corrected chi connectivity index (χ1v) is 5.66. The van der Waals surface area contributed by atoms with Crippen LogP contribution in [-0.2, 0) is 0 Å². The monoisotopic (exact) mass is 270 g/mol. The molecular formula is C12H18N2O5. The van der Waals surface area contributed by atoms with Crippen molar-refractivity contribution in [1.29, 1.82) is 0 Å². The number of phenolic OH excluding ortho intramolecular Hbond substituents is 1. The average Bonchev–Trinajstić information content (AvgIpc) is 2.37. The second-order valence-electron chi connectivity index (χ2n) is 4.97. The van der Waals surface area contributed by atoms with E-state index in [0.717, 1.165) is 0 Å². The van der Waals surface area contributed by atoms with Crippen molar-refractivity contribution in [2.45, 2.75) is 19.9 Å². The van der Waals surface area contributed by atoms with Crippen LogP contribution in [-0.4, -0.2) is 28.9 Å². The molecule has 0 spiro atoms. The Morgan fingerprint density at radius 3 is 2.53 bits per heavy atom. The quantitative estimate of drug-likeness (QED) is 0.548. The lowest BCUT2D eigenvalue weighted by atomic mass is 9.81. The van der Waals surface area contributed by atoms with E-state index < -0.39 is 27.8 Å². The number of rotatable bonds is 5. The molecule has 0 unspecified atom stereocenters. The van der Waals surface area contributed by atoms with Gasteiger partial charge in [0.2, 0.25) is 5.75 Å². The molecule has 0 aromatic heterocycles. The number of methoxy groups -OCH3 is 1. The van der Waals surface area contributed by atoms with Gasteiger partial charge in [0.15, 0.2) is 5.75 Å². The molecule has 1 rings (SSSR count). The maximum absolute atomic E-state index is 10.9. The third-order valence-electron chi connectivity index (χ3n) is 3.10. The molecule has 0 aliphatic heterocycles. The van der Waals surface area contributed by atoms with Crippen LogP contribution in [0.1, 0.15) is 25.5 Å². The van der Waals surface area contributed by atoms with Crippen LogP contribution < -0.4 is 10.5 Å². The van der Waals surface area contributed by atoms with Gasteiger partial charge in [-0.3, -0.25) is 10.1 Å². The van der Waals surface area contributed by atoms with Crippen molar-refractivity contribution in [3.63, 3.8) is 0 Å². The number of aliphatic hydroxyl groups excluding tert-OH is 1. The number of nitrogens with zero attached hydrogens (tertiary/aromatic N) is 1. The fourth-order valence-electron chi connectivity index (χ4n) is 1.64. The van der Waals surface area contributed by atoms with Gasteiger partial charge in [0, 0.05) is 24.1 Å². The summed E-state index contributed by atoms with van der Waals surface area (Å²) in [5.74, 6) is -0.557. The van der Waals surface area contributed by atoms with Crippen LogP contribution in [0.15, 0.2) is 12.1 Å². The minimum absolute atomic E-state index is 0.0200. The highest BCUT2D eigenvalue weighted by Crippen LogP contribution is 2.41. The highest BCUT2D eigenvalue weighted by Gasteiger charge is 2.30. The van der Waals surface area contributed by atoms with Crippen LogP contribution in [0.3, 0.4) is 0 Å². The largest absolute Gasteiger partial charge is 0.500 e. The predicted octanol–water partition coefficient (Wildman–Crippen LogP) is 1.33. The Hall–Kier alpha value is -1.86. The molecule has 4 N–H and O–H groups in total. The maximum Gasteiger partial charge on any atom is 0.314 e. The zero-order valence-electron chi connectivity index (χ0n) is 11.1. The molecule has 0 aliphatic rings. The molecule has 0 bridgehead atoms. The number of nitrogens with two attached hydrogens (primary N) is 1. The molecule has 0 radical (unpaired) electrons. The number of aromatic hydroxyl groups is 1. The molecule has 106 valence electrons. The topological polar surface area (TPSA) is 119 Å². The second-order valence-corrected chi connectivity index (χ2v) is 4.97. The summed E-state index contributed by atoms with van der Waals surface area (Å²) in [4.78, 5) is 10.2. The lowest BCUT2D eigenvalue weighted by molar-refractivity contribution is -0.386. The summed E-state index contributed by atoms with van der Waals surface area (Å²) in [5, 5.41) is 29.8. The molecule has 0 fully saturated rings. The number of hydrogen-bond acceptors (Lipinski definition) is 6. The molecule has 1 atom stereocenters. The Kier molecular flexibility index (Phi) is 4.33. The van der Waals surface area contributed by atoms with E-state index in [1.165, 1.54) is 19.2 Å². The van der Waals surface area contributed by atoms with Crippen LogP contribution in [0.4, 0.5) is 5.69 Å². The highest BCUT2D eigenvalue weighted by atomic mass is 16.6. The van der Waals surface area contributed by atoms with Gasteiger partial charge in [0.1, 0.15) is 0 Å². The minimum Gasteiger partial charge on any atom is -0.500 e. The maximum atomic E-state index is 10.9. The number of ether oxygens (including phenoxy) is 1. The molecule has 7 heteroatoms. The summed E-state index contributed by atoms with van der Waals surface area (Å²) in [7, 11) is 1.30. The Bertz CT molecular complexity index is 487. The standard InChI is InChI=1S/C12H18N2O5/c1-12(2,6-15)11(13)7-4-8(14(17)18)10(16)9(5-7)19-3/h4-5,11,15-16H,6,13H2,1-3H3/t11-/m1/s1. The van der Waals surface area contributed by atoms with Gasteiger partial charge in [0.25, 0.3) is 0 Å². The third-order valence-corrected chi connectivity index (χ3v) is 3.10. The lowest BCUT2D eigenvalue weighted by Crippen LogP contribution is -2.32. The fourth-order valence-corrected chi connectivity index (χ4v) is 1.64. The summed E-state index contributed by atoms with van der Waals surface area (Å²) in [6.07, 6.45) is 0. The van der Waals surface area contributed by atoms with E-state index in [0.29, 0.717) is 5.56 Å². The number of nitro groups is 1. The van der Waals surface area contributed by atoms with Gasteiger partial charge in [-0.25, -0.2) is 0 Å². The van der Waals surface area contributed by atoms with Gasteiger partial charge >= 0.3 is 5.69 Å². The van der Waals surface area contributed by atoms with Gasteiger partial charge in [0.05, 0.1) is 12.0 Å². The SMILES string of the molecule is COc1cc([C@@H](N)C(C)(C)CO)cc([N+](=O)[O-])c1O. The van der Waals surface area contributed by atoms with Gasteiger partial charge in [-0.2, -0.15) is 0 Å². The lowest BCUT2D eigenvalue weighted by Gasteiger charge is -2.29. The van der Waals surface area contributed by atoms with Gasteiger partial charge < -0.3 is 20.7 Å². The molecule has 0 heterocycles. The molecule has 0 saturated carbocycles. The number of benzene rings is 1. The van der Waals surface area contributed by atoms with Crippen LogP contribution in [0.2, 0.25) is 0 Å². The first-order chi connectivity index (χ1) is 8.74. The van der Waals surface area contributed by atoms with E-state index >= 15 is 0 Å². The molecular weight excluding hydrogens is 252 g/mol. The molecule has 1 aromatic rings. The number of aliphatic hydroxyl groups is 1. The molecule has 1 aromatic carbocycles. The minimum atomic E-state index is -0.708. The van der Waals surface area contributed by atoms with E-state index in [1.807, 2.05) is 0 Å². The zero-order valence-corrected chi connectivity index (χ0v) is 11.1. The average molecular weight is 270 g/mol. The molecule has 0 amide bonds. The van der Waals surface area contributed by atoms with E-state index in [9.17, 15) is 20.3 Å². The van der Waals surface area contributed by atoms with Crippen molar-refractivity contribution >= 4 is 5.69 Å². The van der Waals surface area contributed by atoms with Crippen molar-refractivity contribution in [2.75, 3.05) is 13.7 Å². The van der Waals surface area contributed by atoms with E-state index in [4.69, 9.17) is 10.5 Å². The summed E-state index contributed by atoms with van der Waals surface area (Å²) < 4.78 is 4.90. The number of nitro benzene ring substituents is 1. The van der Waals surface area contributed by atoms with E-state index in [1.54, 1.807) is 13.8 Å². The third kappa shape index (κ3) is 2.94. The smallest absolute Gasteiger partial charge is 0.314 e. The van der Waals surface area contributed by atoms with Crippen molar-refractivity contribution in [3.05, 3.63) is 27.8 Å². The van der Waals surface area contributed by atoms with E-state index in [2.05, 4.69) is 0 Å². The first-order valence-electron chi connectivity index (χ1n) is 5.66. The summed E-state index contributed by atoms with van der Waals surface area (Å²) in [5.41, 5.74) is 5.29. The van der Waals surface area contributed by atoms with Crippen LogP contribution in [0, 0.1) is 15.5 Å². The predicted molar refractivity (Wildman–Crippen MR) is 69.1 cm³/mol. The second kappa shape index (κ2) is 5.41. The van der Waals surface area contributed by atoms with Gasteiger partial charge in [-0.05, 0) is 11.6 Å². The van der Waals surface area contributed by atoms with Crippen LogP contribution in [0.5, 0.6) is 11.5 Å². The number of phenols is 1. The summed E-state index contributed by atoms with van der Waals surface area (Å²) >= 11 is 0. The summed E-state index contributed by atoms with van der Waals surface area (Å²) in [6.45, 7) is 3.30. The van der Waals surface area contributed by atoms with Gasteiger partial charge in [-0.15, -0.1) is 0 Å².